The minimum absolute atomic E-state index is 0.0152. The lowest BCUT2D eigenvalue weighted by molar-refractivity contribution is 0.101. The number of piperidine rings is 1. The van der Waals surface area contributed by atoms with Crippen LogP contribution in [0.5, 0.6) is 0 Å². The molecule has 2 heterocycles. The maximum atomic E-state index is 13.2. The third-order valence-electron chi connectivity index (χ3n) is 5.73. The molecular weight excluding hydrogens is 444 g/mol. The molecule has 0 bridgehead atoms. The van der Waals surface area contributed by atoms with Crippen LogP contribution < -0.4 is 0 Å². The van der Waals surface area contributed by atoms with Crippen molar-refractivity contribution in [2.24, 2.45) is 7.05 Å². The molecule has 1 aliphatic rings. The fourth-order valence-electron chi connectivity index (χ4n) is 3.91. The Bertz CT molecular complexity index is 1190. The summed E-state index contributed by atoms with van der Waals surface area (Å²) in [6.45, 7) is 2.30. The van der Waals surface area contributed by atoms with E-state index in [2.05, 4.69) is 22.3 Å². The zero-order valence-electron chi connectivity index (χ0n) is 18.1. The molecule has 168 valence electrons. The van der Waals surface area contributed by atoms with Gasteiger partial charge in [0.2, 0.25) is 10.0 Å². The molecule has 7 nitrogen and oxygen atoms in total. The molecule has 0 radical (unpaired) electrons. The molecule has 1 atom stereocenters. The number of ketones is 1. The Morgan fingerprint density at radius 2 is 1.81 bits per heavy atom. The van der Waals surface area contributed by atoms with Crippen molar-refractivity contribution < 1.29 is 13.2 Å². The van der Waals surface area contributed by atoms with Gasteiger partial charge < -0.3 is 4.57 Å². The number of benzene rings is 2. The van der Waals surface area contributed by atoms with Crippen molar-refractivity contribution in [1.82, 2.24) is 19.1 Å². The third-order valence-corrected chi connectivity index (χ3v) is 8.70. The van der Waals surface area contributed by atoms with E-state index in [1.165, 1.54) is 28.9 Å². The number of sulfonamides is 1. The van der Waals surface area contributed by atoms with Crippen LogP contribution in [0.2, 0.25) is 0 Å². The summed E-state index contributed by atoms with van der Waals surface area (Å²) in [4.78, 5) is 11.7. The van der Waals surface area contributed by atoms with Gasteiger partial charge in [0.05, 0.1) is 4.90 Å². The summed E-state index contributed by atoms with van der Waals surface area (Å²) in [5, 5.41) is 9.58. The number of thioether (sulfide) groups is 1. The van der Waals surface area contributed by atoms with Gasteiger partial charge in [0.15, 0.2) is 10.9 Å². The third kappa shape index (κ3) is 4.79. The summed E-state index contributed by atoms with van der Waals surface area (Å²) >= 11 is 1.62. The Balaban J connectivity index is 1.48. The highest BCUT2D eigenvalue weighted by Gasteiger charge is 2.33. The van der Waals surface area contributed by atoms with Gasteiger partial charge in [-0.2, -0.15) is 4.31 Å². The lowest BCUT2D eigenvalue weighted by Crippen LogP contribution is -2.39. The fourth-order valence-corrected chi connectivity index (χ4v) is 6.31. The maximum Gasteiger partial charge on any atom is 0.243 e. The van der Waals surface area contributed by atoms with E-state index in [0.29, 0.717) is 18.7 Å². The molecule has 0 amide bonds. The Morgan fingerprint density at radius 3 is 2.50 bits per heavy atom. The van der Waals surface area contributed by atoms with Gasteiger partial charge in [0, 0.05) is 37.4 Å². The fraction of sp³-hybridized carbons (Fsp3) is 0.348. The van der Waals surface area contributed by atoms with E-state index in [-0.39, 0.29) is 16.6 Å². The Morgan fingerprint density at radius 1 is 1.09 bits per heavy atom. The number of carbonyl (C=O) groups excluding carboxylic acids is 1. The van der Waals surface area contributed by atoms with Gasteiger partial charge in [-0.25, -0.2) is 8.42 Å². The molecule has 1 aromatic heterocycles. The molecule has 32 heavy (non-hydrogen) atoms. The Labute approximate surface area is 192 Å². The van der Waals surface area contributed by atoms with Gasteiger partial charge in [-0.1, -0.05) is 54.2 Å². The molecule has 0 spiro atoms. The van der Waals surface area contributed by atoms with Crippen LogP contribution in [0.3, 0.4) is 0 Å². The standard InChI is InChI=1S/C23H26N4O3S2/c1-17(28)19-10-12-21(13-11-19)32(29,30)27-14-6-9-20(15-27)22-24-25-23(26(22)2)31-16-18-7-4-3-5-8-18/h3-5,7-8,10-13,20H,6,9,14-16H2,1-2H3/t20-/m1/s1. The van der Waals surface area contributed by atoms with Crippen molar-refractivity contribution in [2.75, 3.05) is 13.1 Å². The second kappa shape index (κ2) is 9.56. The first-order chi connectivity index (χ1) is 15.4. The topological polar surface area (TPSA) is 85.2 Å². The van der Waals surface area contributed by atoms with Crippen molar-refractivity contribution in [3.8, 4) is 0 Å². The smallest absolute Gasteiger partial charge is 0.243 e. The lowest BCUT2D eigenvalue weighted by Gasteiger charge is -2.31. The number of hydrogen-bond acceptors (Lipinski definition) is 6. The summed E-state index contributed by atoms with van der Waals surface area (Å²) < 4.78 is 29.9. The Hall–Kier alpha value is -2.49. The second-order valence-corrected chi connectivity index (χ2v) is 10.8. The van der Waals surface area contributed by atoms with Crippen molar-refractivity contribution in [2.45, 2.75) is 41.5 Å². The van der Waals surface area contributed by atoms with Crippen molar-refractivity contribution in [3.05, 3.63) is 71.5 Å². The highest BCUT2D eigenvalue weighted by molar-refractivity contribution is 7.98. The molecule has 0 unspecified atom stereocenters. The van der Waals surface area contributed by atoms with E-state index in [0.717, 1.165) is 29.6 Å². The van der Waals surface area contributed by atoms with E-state index in [1.54, 1.807) is 23.9 Å². The first-order valence-corrected chi connectivity index (χ1v) is 13.0. The average Bonchev–Trinajstić information content (AvgIpc) is 3.18. The summed E-state index contributed by atoms with van der Waals surface area (Å²) in [5.74, 6) is 1.51. The van der Waals surface area contributed by atoms with Gasteiger partial charge >= 0.3 is 0 Å². The number of Topliss-reactive ketones (excluding diaryl/α,β-unsaturated/α-hetero) is 1. The molecule has 0 N–H and O–H groups in total. The minimum Gasteiger partial charge on any atom is -0.309 e. The van der Waals surface area contributed by atoms with Gasteiger partial charge in [-0.15, -0.1) is 10.2 Å². The number of nitrogens with zero attached hydrogens (tertiary/aromatic N) is 4. The largest absolute Gasteiger partial charge is 0.309 e. The number of aromatic nitrogens is 3. The molecule has 1 fully saturated rings. The summed E-state index contributed by atoms with van der Waals surface area (Å²) in [7, 11) is -1.70. The van der Waals surface area contributed by atoms with Gasteiger partial charge in [-0.05, 0) is 37.5 Å². The SMILES string of the molecule is CC(=O)c1ccc(S(=O)(=O)N2CCC[C@@H](c3nnc(SCc4ccccc4)n3C)C2)cc1. The molecule has 1 saturated heterocycles. The van der Waals surface area contributed by atoms with Crippen LogP contribution in [-0.4, -0.2) is 46.4 Å². The molecule has 0 saturated carbocycles. The van der Waals surface area contributed by atoms with Crippen molar-refractivity contribution in [1.29, 1.82) is 0 Å². The van der Waals surface area contributed by atoms with Crippen LogP contribution in [-0.2, 0) is 22.8 Å². The van der Waals surface area contributed by atoms with Crippen LogP contribution in [0.4, 0.5) is 0 Å². The summed E-state index contributed by atoms with van der Waals surface area (Å²) in [5.41, 5.74) is 1.72. The molecule has 3 aromatic rings. The first-order valence-electron chi connectivity index (χ1n) is 10.5. The molecule has 2 aromatic carbocycles. The van der Waals surface area contributed by atoms with Gasteiger partial charge in [0.25, 0.3) is 0 Å². The molecular formula is C23H26N4O3S2. The summed E-state index contributed by atoms with van der Waals surface area (Å²) in [6, 6.07) is 16.3. The first kappa shape index (κ1) is 22.7. The van der Waals surface area contributed by atoms with Crippen molar-refractivity contribution >= 4 is 27.6 Å². The number of hydrogen-bond donors (Lipinski definition) is 0. The van der Waals surface area contributed by atoms with E-state index in [1.807, 2.05) is 29.8 Å². The predicted octanol–water partition coefficient (Wildman–Crippen LogP) is 3.88. The molecule has 9 heteroatoms. The summed E-state index contributed by atoms with van der Waals surface area (Å²) in [6.07, 6.45) is 1.62. The Kier molecular flexibility index (Phi) is 6.78. The van der Waals surface area contributed by atoms with E-state index in [4.69, 9.17) is 0 Å². The second-order valence-electron chi connectivity index (χ2n) is 7.96. The van der Waals surface area contributed by atoms with Gasteiger partial charge in [-0.3, -0.25) is 4.79 Å². The van der Waals surface area contributed by atoms with E-state index >= 15 is 0 Å². The highest BCUT2D eigenvalue weighted by Crippen LogP contribution is 2.31. The number of rotatable bonds is 7. The van der Waals surface area contributed by atoms with Crippen LogP contribution in [0.15, 0.2) is 64.6 Å². The van der Waals surface area contributed by atoms with Crippen LogP contribution in [0.25, 0.3) is 0 Å². The zero-order chi connectivity index (χ0) is 22.7. The van der Waals surface area contributed by atoms with E-state index in [9.17, 15) is 13.2 Å². The maximum absolute atomic E-state index is 13.2. The normalized spacial score (nSPS) is 17.4. The lowest BCUT2D eigenvalue weighted by atomic mass is 9.99. The van der Waals surface area contributed by atoms with Gasteiger partial charge in [0.1, 0.15) is 5.82 Å². The van der Waals surface area contributed by atoms with Crippen molar-refractivity contribution in [3.63, 3.8) is 0 Å². The van der Waals surface area contributed by atoms with E-state index < -0.39 is 10.0 Å². The quantitative estimate of drug-likeness (QED) is 0.385. The zero-order valence-corrected chi connectivity index (χ0v) is 19.8. The van der Waals surface area contributed by atoms with Crippen LogP contribution >= 0.6 is 11.8 Å². The van der Waals surface area contributed by atoms with Crippen LogP contribution in [0.1, 0.15) is 47.4 Å². The average molecular weight is 471 g/mol. The minimum atomic E-state index is -3.64. The molecule has 0 aliphatic carbocycles. The molecule has 1 aliphatic heterocycles. The molecule has 4 rings (SSSR count). The predicted molar refractivity (Wildman–Crippen MR) is 124 cm³/mol. The van der Waals surface area contributed by atoms with Crippen LogP contribution in [0, 0.1) is 0 Å². The highest BCUT2D eigenvalue weighted by atomic mass is 32.2. The monoisotopic (exact) mass is 470 g/mol. The number of carbonyl (C=O) groups is 1.